The smallest absolute Gasteiger partial charge is 0.267 e. The maximum Gasteiger partial charge on any atom is 0.267 e. The molecule has 1 saturated heterocycles. The molecule has 1 aliphatic rings. The fourth-order valence-corrected chi connectivity index (χ4v) is 2.45. The number of rotatable bonds is 4. The Labute approximate surface area is 110 Å². The summed E-state index contributed by atoms with van der Waals surface area (Å²) in [7, 11) is 0. The van der Waals surface area contributed by atoms with E-state index in [2.05, 4.69) is 31.1 Å². The molecule has 2 heterocycles. The van der Waals surface area contributed by atoms with E-state index >= 15 is 0 Å². The van der Waals surface area contributed by atoms with Crippen molar-refractivity contribution in [3.63, 3.8) is 0 Å². The normalized spacial score (nSPS) is 17.0. The first-order chi connectivity index (χ1) is 8.25. The van der Waals surface area contributed by atoms with Gasteiger partial charge in [-0.25, -0.2) is 0 Å². The highest BCUT2D eigenvalue weighted by Crippen LogP contribution is 2.10. The molecule has 0 unspecified atom stereocenters. The molecule has 0 bridgehead atoms. The van der Waals surface area contributed by atoms with Crippen LogP contribution in [0.1, 0.15) is 29.8 Å². The van der Waals surface area contributed by atoms with Crippen LogP contribution < -0.4 is 5.32 Å². The molecule has 1 fully saturated rings. The van der Waals surface area contributed by atoms with Crippen molar-refractivity contribution in [3.05, 3.63) is 22.4 Å². The van der Waals surface area contributed by atoms with Crippen LogP contribution in [0.15, 0.2) is 16.7 Å². The van der Waals surface area contributed by atoms with Gasteiger partial charge in [-0.3, -0.25) is 4.79 Å². The number of aromatic nitrogens is 1. The van der Waals surface area contributed by atoms with E-state index in [1.165, 1.54) is 32.4 Å². The number of halogens is 1. The summed E-state index contributed by atoms with van der Waals surface area (Å²) in [4.78, 5) is 17.1. The van der Waals surface area contributed by atoms with Crippen LogP contribution in [0.4, 0.5) is 0 Å². The molecule has 0 saturated carbocycles. The predicted octanol–water partition coefficient (Wildman–Crippen LogP) is 1.99. The van der Waals surface area contributed by atoms with Gasteiger partial charge in [0, 0.05) is 23.8 Å². The van der Waals surface area contributed by atoms with Crippen molar-refractivity contribution in [1.82, 2.24) is 15.2 Å². The summed E-state index contributed by atoms with van der Waals surface area (Å²) in [5, 5.41) is 2.93. The Morgan fingerprint density at radius 3 is 2.82 bits per heavy atom. The lowest BCUT2D eigenvalue weighted by atomic mass is 10.1. The standard InChI is InChI=1S/C12H18BrN3O/c13-10-8-11(15-9-10)12(17)14-4-7-16-5-2-1-3-6-16/h8-9,15H,1-7H2,(H,14,17). The Morgan fingerprint density at radius 1 is 1.41 bits per heavy atom. The van der Waals surface area contributed by atoms with Crippen LogP contribution >= 0.6 is 15.9 Å². The third-order valence-electron chi connectivity index (χ3n) is 3.05. The zero-order chi connectivity index (χ0) is 12.1. The zero-order valence-electron chi connectivity index (χ0n) is 9.84. The van der Waals surface area contributed by atoms with Gasteiger partial charge in [0.25, 0.3) is 5.91 Å². The molecule has 2 N–H and O–H groups in total. The average molecular weight is 300 g/mol. The molecule has 0 aromatic carbocycles. The van der Waals surface area contributed by atoms with Gasteiger partial charge in [0.2, 0.25) is 0 Å². The second kappa shape index (κ2) is 6.21. The van der Waals surface area contributed by atoms with E-state index in [1.54, 1.807) is 12.3 Å². The molecule has 1 aliphatic heterocycles. The quantitative estimate of drug-likeness (QED) is 0.893. The summed E-state index contributed by atoms with van der Waals surface area (Å²) >= 11 is 3.31. The lowest BCUT2D eigenvalue weighted by Crippen LogP contribution is -2.37. The van der Waals surface area contributed by atoms with E-state index in [0.29, 0.717) is 5.69 Å². The van der Waals surface area contributed by atoms with Gasteiger partial charge in [0.05, 0.1) is 0 Å². The Bertz CT molecular complexity index is 372. The first kappa shape index (κ1) is 12.6. The lowest BCUT2D eigenvalue weighted by molar-refractivity contribution is 0.0942. The Kier molecular flexibility index (Phi) is 4.62. The fourth-order valence-electron chi connectivity index (χ4n) is 2.10. The highest BCUT2D eigenvalue weighted by atomic mass is 79.9. The van der Waals surface area contributed by atoms with Crippen molar-refractivity contribution in [1.29, 1.82) is 0 Å². The summed E-state index contributed by atoms with van der Waals surface area (Å²) in [5.41, 5.74) is 0.607. The molecular formula is C12H18BrN3O. The number of amides is 1. The maximum absolute atomic E-state index is 11.7. The molecule has 0 aliphatic carbocycles. The second-order valence-corrected chi connectivity index (χ2v) is 5.31. The van der Waals surface area contributed by atoms with Gasteiger partial charge in [-0.1, -0.05) is 6.42 Å². The number of nitrogens with one attached hydrogen (secondary N) is 2. The summed E-state index contributed by atoms with van der Waals surface area (Å²) in [6, 6.07) is 1.79. The van der Waals surface area contributed by atoms with E-state index < -0.39 is 0 Å². The first-order valence-electron chi connectivity index (χ1n) is 6.10. The van der Waals surface area contributed by atoms with Gasteiger partial charge in [0.15, 0.2) is 0 Å². The molecule has 1 aromatic heterocycles. The Morgan fingerprint density at radius 2 is 2.18 bits per heavy atom. The number of nitrogens with zero attached hydrogens (tertiary/aromatic N) is 1. The van der Waals surface area contributed by atoms with E-state index in [9.17, 15) is 4.79 Å². The van der Waals surface area contributed by atoms with Gasteiger partial charge < -0.3 is 15.2 Å². The summed E-state index contributed by atoms with van der Waals surface area (Å²) in [5.74, 6) is -0.0345. The molecular weight excluding hydrogens is 282 g/mol. The van der Waals surface area contributed by atoms with Crippen LogP contribution in [0, 0.1) is 0 Å². The maximum atomic E-state index is 11.7. The van der Waals surface area contributed by atoms with Crippen LogP contribution in [0.5, 0.6) is 0 Å². The van der Waals surface area contributed by atoms with E-state index in [0.717, 1.165) is 17.6 Å². The lowest BCUT2D eigenvalue weighted by Gasteiger charge is -2.26. The highest BCUT2D eigenvalue weighted by Gasteiger charge is 2.11. The third kappa shape index (κ3) is 3.85. The SMILES string of the molecule is O=C(NCCN1CCCCC1)c1cc(Br)c[nH]1. The van der Waals surface area contributed by atoms with Crippen LogP contribution in [0.25, 0.3) is 0 Å². The van der Waals surface area contributed by atoms with Crippen molar-refractivity contribution < 1.29 is 4.79 Å². The molecule has 0 spiro atoms. The Balaban J connectivity index is 1.69. The number of hydrogen-bond donors (Lipinski definition) is 2. The topological polar surface area (TPSA) is 48.1 Å². The van der Waals surface area contributed by atoms with Gasteiger partial charge in [0.1, 0.15) is 5.69 Å². The average Bonchev–Trinajstić information content (AvgIpc) is 2.77. The fraction of sp³-hybridized carbons (Fsp3) is 0.583. The van der Waals surface area contributed by atoms with Crippen molar-refractivity contribution in [2.75, 3.05) is 26.2 Å². The van der Waals surface area contributed by atoms with Crippen molar-refractivity contribution in [2.45, 2.75) is 19.3 Å². The molecule has 94 valence electrons. The molecule has 2 rings (SSSR count). The summed E-state index contributed by atoms with van der Waals surface area (Å²) < 4.78 is 0.902. The number of aromatic amines is 1. The first-order valence-corrected chi connectivity index (χ1v) is 6.89. The van der Waals surface area contributed by atoms with Crippen molar-refractivity contribution in [3.8, 4) is 0 Å². The van der Waals surface area contributed by atoms with E-state index in [4.69, 9.17) is 0 Å². The number of carbonyl (C=O) groups is 1. The number of piperidine rings is 1. The van der Waals surface area contributed by atoms with Crippen LogP contribution in [0.3, 0.4) is 0 Å². The van der Waals surface area contributed by atoms with Gasteiger partial charge >= 0.3 is 0 Å². The molecule has 17 heavy (non-hydrogen) atoms. The van der Waals surface area contributed by atoms with Gasteiger partial charge in [-0.15, -0.1) is 0 Å². The van der Waals surface area contributed by atoms with Crippen molar-refractivity contribution in [2.24, 2.45) is 0 Å². The van der Waals surface area contributed by atoms with Crippen LogP contribution in [-0.2, 0) is 0 Å². The van der Waals surface area contributed by atoms with Crippen LogP contribution in [-0.4, -0.2) is 42.0 Å². The summed E-state index contributed by atoms with van der Waals surface area (Å²) in [6.07, 6.45) is 5.69. The minimum absolute atomic E-state index is 0.0345. The second-order valence-electron chi connectivity index (χ2n) is 4.39. The van der Waals surface area contributed by atoms with Gasteiger partial charge in [-0.2, -0.15) is 0 Å². The third-order valence-corrected chi connectivity index (χ3v) is 3.51. The summed E-state index contributed by atoms with van der Waals surface area (Å²) in [6.45, 7) is 4.01. The van der Waals surface area contributed by atoms with E-state index in [1.807, 2.05) is 0 Å². The zero-order valence-corrected chi connectivity index (χ0v) is 11.4. The molecule has 4 nitrogen and oxygen atoms in total. The van der Waals surface area contributed by atoms with Crippen LogP contribution in [0.2, 0.25) is 0 Å². The molecule has 0 radical (unpaired) electrons. The number of carbonyl (C=O) groups excluding carboxylic acids is 1. The monoisotopic (exact) mass is 299 g/mol. The highest BCUT2D eigenvalue weighted by molar-refractivity contribution is 9.10. The minimum Gasteiger partial charge on any atom is -0.356 e. The minimum atomic E-state index is -0.0345. The predicted molar refractivity (Wildman–Crippen MR) is 71.1 cm³/mol. The largest absolute Gasteiger partial charge is 0.356 e. The molecule has 0 atom stereocenters. The molecule has 1 aromatic rings. The van der Waals surface area contributed by atoms with E-state index in [-0.39, 0.29) is 5.91 Å². The van der Waals surface area contributed by atoms with Gasteiger partial charge in [-0.05, 0) is 47.9 Å². The number of H-pyrrole nitrogens is 1. The Hall–Kier alpha value is -0.810. The number of likely N-dealkylation sites (tertiary alicyclic amines) is 1. The number of hydrogen-bond acceptors (Lipinski definition) is 2. The molecule has 5 heteroatoms. The van der Waals surface area contributed by atoms with Crippen molar-refractivity contribution >= 4 is 21.8 Å². The molecule has 1 amide bonds.